The molecule has 0 spiro atoms. The van der Waals surface area contributed by atoms with Gasteiger partial charge in [-0.3, -0.25) is 9.59 Å². The zero-order chi connectivity index (χ0) is 25.9. The minimum atomic E-state index is -4.81. The van der Waals surface area contributed by atoms with E-state index >= 15 is 0 Å². The standard InChI is InChI=1S/C27H21ClF4N2O2/c28-22-10-8-19-16-34(25(36)11-7-17-4-2-1-3-5-17)13-12-20(19)26(22)33-24(35)15-18-6-9-21(23(29)14-18)27(30,31)32/h1-11,14H,12-13,15-16H2,(H,33,35). The van der Waals surface area contributed by atoms with Crippen molar-refractivity contribution in [2.45, 2.75) is 25.6 Å². The predicted octanol–water partition coefficient (Wildman–Crippen LogP) is 6.28. The summed E-state index contributed by atoms with van der Waals surface area (Å²) in [5, 5.41) is 3.00. The molecule has 0 unspecified atom stereocenters. The van der Waals surface area contributed by atoms with Crippen molar-refractivity contribution in [1.29, 1.82) is 0 Å². The highest BCUT2D eigenvalue weighted by Gasteiger charge is 2.34. The number of halogens is 5. The minimum Gasteiger partial charge on any atom is -0.334 e. The van der Waals surface area contributed by atoms with E-state index in [1.54, 1.807) is 23.1 Å². The monoisotopic (exact) mass is 516 g/mol. The van der Waals surface area contributed by atoms with Crippen molar-refractivity contribution >= 4 is 35.2 Å². The summed E-state index contributed by atoms with van der Waals surface area (Å²) in [6.45, 7) is 0.746. The summed E-state index contributed by atoms with van der Waals surface area (Å²) in [5.74, 6) is -2.13. The fourth-order valence-electron chi connectivity index (χ4n) is 4.06. The van der Waals surface area contributed by atoms with Crippen molar-refractivity contribution in [3.05, 3.63) is 105 Å². The van der Waals surface area contributed by atoms with E-state index < -0.39 is 23.5 Å². The number of hydrogen-bond donors (Lipinski definition) is 1. The SMILES string of the molecule is O=C(Cc1ccc(C(F)(F)F)c(F)c1)Nc1c(Cl)ccc2c1CCN(C(=O)C=Cc1ccccc1)C2. The number of alkyl halides is 3. The topological polar surface area (TPSA) is 49.4 Å². The molecule has 0 bridgehead atoms. The van der Waals surface area contributed by atoms with E-state index in [-0.39, 0.29) is 17.9 Å². The maximum atomic E-state index is 13.9. The molecule has 0 aliphatic carbocycles. The Balaban J connectivity index is 1.45. The first-order valence-electron chi connectivity index (χ1n) is 11.1. The van der Waals surface area contributed by atoms with Gasteiger partial charge in [-0.25, -0.2) is 4.39 Å². The van der Waals surface area contributed by atoms with Crippen molar-refractivity contribution in [1.82, 2.24) is 4.90 Å². The lowest BCUT2D eigenvalue weighted by molar-refractivity contribution is -0.140. The predicted molar refractivity (Wildman–Crippen MR) is 130 cm³/mol. The Hall–Kier alpha value is -3.65. The van der Waals surface area contributed by atoms with Crippen LogP contribution in [0.1, 0.15) is 27.8 Å². The quantitative estimate of drug-likeness (QED) is 0.321. The number of nitrogens with one attached hydrogen (secondary N) is 1. The van der Waals surface area contributed by atoms with Crippen LogP contribution in [-0.2, 0) is 35.2 Å². The van der Waals surface area contributed by atoms with E-state index in [1.165, 1.54) is 6.08 Å². The van der Waals surface area contributed by atoms with Gasteiger partial charge >= 0.3 is 6.18 Å². The van der Waals surface area contributed by atoms with Gasteiger partial charge in [-0.2, -0.15) is 13.2 Å². The van der Waals surface area contributed by atoms with Crippen molar-refractivity contribution in [3.63, 3.8) is 0 Å². The fourth-order valence-corrected chi connectivity index (χ4v) is 4.28. The van der Waals surface area contributed by atoms with Gasteiger partial charge in [0.2, 0.25) is 11.8 Å². The average molecular weight is 517 g/mol. The largest absolute Gasteiger partial charge is 0.419 e. The molecule has 186 valence electrons. The maximum absolute atomic E-state index is 13.9. The molecule has 3 aromatic carbocycles. The van der Waals surface area contributed by atoms with Crippen LogP contribution in [0.15, 0.2) is 66.7 Å². The van der Waals surface area contributed by atoms with E-state index in [2.05, 4.69) is 5.32 Å². The van der Waals surface area contributed by atoms with Crippen LogP contribution in [-0.4, -0.2) is 23.3 Å². The lowest BCUT2D eigenvalue weighted by Crippen LogP contribution is -2.35. The van der Waals surface area contributed by atoms with Crippen molar-refractivity contribution in [2.75, 3.05) is 11.9 Å². The third kappa shape index (κ3) is 5.94. The van der Waals surface area contributed by atoms with E-state index in [4.69, 9.17) is 11.6 Å². The van der Waals surface area contributed by atoms with Crippen LogP contribution in [0.4, 0.5) is 23.2 Å². The number of carbonyl (C=O) groups is 2. The fraction of sp³-hybridized carbons (Fsp3) is 0.185. The lowest BCUT2D eigenvalue weighted by Gasteiger charge is -2.30. The van der Waals surface area contributed by atoms with Gasteiger partial charge in [0.1, 0.15) is 5.82 Å². The number of anilines is 1. The van der Waals surface area contributed by atoms with E-state index in [9.17, 15) is 27.2 Å². The summed E-state index contributed by atoms with van der Waals surface area (Å²) in [7, 11) is 0. The Labute approximate surface area is 210 Å². The molecular formula is C27H21ClF4N2O2. The molecule has 1 aliphatic heterocycles. The normalized spacial score (nSPS) is 13.5. The molecule has 0 radical (unpaired) electrons. The molecule has 0 saturated carbocycles. The minimum absolute atomic E-state index is 0.0981. The molecule has 4 nitrogen and oxygen atoms in total. The van der Waals surface area contributed by atoms with Crippen LogP contribution in [0.25, 0.3) is 6.08 Å². The smallest absolute Gasteiger partial charge is 0.334 e. The molecule has 1 aliphatic rings. The van der Waals surface area contributed by atoms with Gasteiger partial charge in [-0.05, 0) is 52.9 Å². The summed E-state index contributed by atoms with van der Waals surface area (Å²) in [4.78, 5) is 27.0. The van der Waals surface area contributed by atoms with E-state index in [0.717, 1.165) is 22.8 Å². The van der Waals surface area contributed by atoms with Crippen LogP contribution in [0.5, 0.6) is 0 Å². The molecular weight excluding hydrogens is 496 g/mol. The average Bonchev–Trinajstić information content (AvgIpc) is 2.84. The van der Waals surface area contributed by atoms with Gasteiger partial charge in [0.05, 0.1) is 22.7 Å². The number of rotatable bonds is 5. The third-order valence-corrected chi connectivity index (χ3v) is 6.16. The Morgan fingerprint density at radius 3 is 2.50 bits per heavy atom. The van der Waals surface area contributed by atoms with Crippen molar-refractivity contribution in [2.24, 2.45) is 0 Å². The number of nitrogens with zero attached hydrogens (tertiary/aromatic N) is 1. The highest BCUT2D eigenvalue weighted by molar-refractivity contribution is 6.34. The van der Waals surface area contributed by atoms with Crippen molar-refractivity contribution in [3.8, 4) is 0 Å². The van der Waals surface area contributed by atoms with Crippen LogP contribution in [0.3, 0.4) is 0 Å². The second-order valence-corrected chi connectivity index (χ2v) is 8.76. The lowest BCUT2D eigenvalue weighted by atomic mass is 9.97. The van der Waals surface area contributed by atoms with Gasteiger partial charge in [0.15, 0.2) is 0 Å². The first-order valence-corrected chi connectivity index (χ1v) is 11.5. The molecule has 4 rings (SSSR count). The Morgan fingerprint density at radius 2 is 1.81 bits per heavy atom. The molecule has 2 amide bonds. The first-order chi connectivity index (χ1) is 17.1. The molecule has 0 fully saturated rings. The molecule has 3 aromatic rings. The number of hydrogen-bond acceptors (Lipinski definition) is 2. The van der Waals surface area contributed by atoms with E-state index in [0.29, 0.717) is 42.4 Å². The molecule has 1 N–H and O–H groups in total. The van der Waals surface area contributed by atoms with Gasteiger partial charge in [-0.15, -0.1) is 0 Å². The van der Waals surface area contributed by atoms with Crippen LogP contribution in [0.2, 0.25) is 5.02 Å². The number of benzene rings is 3. The van der Waals surface area contributed by atoms with E-state index in [1.807, 2.05) is 30.3 Å². The van der Waals surface area contributed by atoms with Gasteiger partial charge < -0.3 is 10.2 Å². The summed E-state index contributed by atoms with van der Waals surface area (Å²) in [6, 6.07) is 15.2. The van der Waals surface area contributed by atoms with Crippen molar-refractivity contribution < 1.29 is 27.2 Å². The molecule has 36 heavy (non-hydrogen) atoms. The van der Waals surface area contributed by atoms with Crippen LogP contribution in [0, 0.1) is 5.82 Å². The Bertz CT molecular complexity index is 1320. The second-order valence-electron chi connectivity index (χ2n) is 8.35. The first kappa shape index (κ1) is 25.4. The number of carbonyl (C=O) groups excluding carboxylic acids is 2. The highest BCUT2D eigenvalue weighted by Crippen LogP contribution is 2.34. The summed E-state index contributed by atoms with van der Waals surface area (Å²) in [6.07, 6.45) is -1.43. The van der Waals surface area contributed by atoms with Crippen LogP contribution >= 0.6 is 11.6 Å². The second kappa shape index (κ2) is 10.5. The summed E-state index contributed by atoms with van der Waals surface area (Å²) >= 11 is 6.33. The van der Waals surface area contributed by atoms with Gasteiger partial charge in [0, 0.05) is 19.2 Å². The summed E-state index contributed by atoms with van der Waals surface area (Å²) < 4.78 is 52.2. The molecule has 0 atom stereocenters. The zero-order valence-electron chi connectivity index (χ0n) is 18.9. The zero-order valence-corrected chi connectivity index (χ0v) is 19.7. The highest BCUT2D eigenvalue weighted by atomic mass is 35.5. The Kier molecular flexibility index (Phi) is 7.45. The molecule has 0 aromatic heterocycles. The van der Waals surface area contributed by atoms with Crippen LogP contribution < -0.4 is 5.32 Å². The molecule has 1 heterocycles. The van der Waals surface area contributed by atoms with Gasteiger partial charge in [0.25, 0.3) is 0 Å². The molecule has 9 heteroatoms. The third-order valence-electron chi connectivity index (χ3n) is 5.85. The maximum Gasteiger partial charge on any atom is 0.419 e. The molecule has 0 saturated heterocycles. The Morgan fingerprint density at radius 1 is 1.06 bits per heavy atom. The summed E-state index contributed by atoms with van der Waals surface area (Å²) in [5.41, 5.74) is 1.62. The number of fused-ring (bicyclic) bond motifs is 1. The number of amides is 2. The van der Waals surface area contributed by atoms with Gasteiger partial charge in [-0.1, -0.05) is 54.1 Å².